The van der Waals surface area contributed by atoms with Gasteiger partial charge >= 0.3 is 0 Å². The lowest BCUT2D eigenvalue weighted by Gasteiger charge is -2.10. The van der Waals surface area contributed by atoms with Gasteiger partial charge in [-0.05, 0) is 36.2 Å². The van der Waals surface area contributed by atoms with Crippen LogP contribution in [-0.4, -0.2) is 12.2 Å². The van der Waals surface area contributed by atoms with Gasteiger partial charge in [0.1, 0.15) is 0 Å². The molecule has 18 heavy (non-hydrogen) atoms. The molecule has 3 nitrogen and oxygen atoms in total. The molecule has 0 radical (unpaired) electrons. The highest BCUT2D eigenvalue weighted by molar-refractivity contribution is 5.51. The third-order valence-electron chi connectivity index (χ3n) is 2.87. The molecular weight excluding hydrogens is 226 g/mol. The average molecular weight is 243 g/mol. The van der Waals surface area contributed by atoms with E-state index in [1.807, 2.05) is 24.3 Å². The molecule has 0 aliphatic rings. The van der Waals surface area contributed by atoms with Crippen LogP contribution >= 0.6 is 0 Å². The fourth-order valence-electron chi connectivity index (χ4n) is 1.81. The lowest BCUT2D eigenvalue weighted by Crippen LogP contribution is -2.00. The second-order valence-corrected chi connectivity index (χ2v) is 4.17. The third-order valence-corrected chi connectivity index (χ3v) is 2.87. The zero-order chi connectivity index (χ0) is 13.0. The van der Waals surface area contributed by atoms with E-state index < -0.39 is 0 Å². The van der Waals surface area contributed by atoms with E-state index in [9.17, 15) is 5.11 Å². The zero-order valence-corrected chi connectivity index (χ0v) is 10.6. The Labute approximate surface area is 107 Å². The topological polar surface area (TPSA) is 41.5 Å². The van der Waals surface area contributed by atoms with E-state index in [0.717, 1.165) is 11.3 Å². The normalized spacial score (nSPS) is 10.1. The minimum atomic E-state index is 0.168. The number of ether oxygens (including phenoxy) is 1. The molecule has 0 amide bonds. The summed E-state index contributed by atoms with van der Waals surface area (Å²) >= 11 is 0. The quantitative estimate of drug-likeness (QED) is 0.865. The van der Waals surface area contributed by atoms with E-state index in [2.05, 4.69) is 18.3 Å². The summed E-state index contributed by atoms with van der Waals surface area (Å²) < 4.78 is 5.01. The molecule has 0 atom stereocenters. The highest BCUT2D eigenvalue weighted by Crippen LogP contribution is 2.26. The van der Waals surface area contributed by atoms with Crippen LogP contribution in [0.15, 0.2) is 42.5 Å². The van der Waals surface area contributed by atoms with E-state index in [1.54, 1.807) is 19.2 Å². The molecule has 0 bridgehead atoms. The van der Waals surface area contributed by atoms with Gasteiger partial charge < -0.3 is 15.2 Å². The first-order valence-electron chi connectivity index (χ1n) is 5.86. The van der Waals surface area contributed by atoms with Crippen LogP contribution in [0.3, 0.4) is 0 Å². The van der Waals surface area contributed by atoms with Crippen molar-refractivity contribution < 1.29 is 9.84 Å². The molecule has 94 valence electrons. The molecule has 0 unspecified atom stereocenters. The van der Waals surface area contributed by atoms with Crippen LogP contribution in [0.2, 0.25) is 0 Å². The van der Waals surface area contributed by atoms with Crippen molar-refractivity contribution in [2.75, 3.05) is 12.4 Å². The number of benzene rings is 2. The molecule has 0 aliphatic heterocycles. The molecule has 2 N–H and O–H groups in total. The second-order valence-electron chi connectivity index (χ2n) is 4.17. The van der Waals surface area contributed by atoms with E-state index in [4.69, 9.17) is 4.74 Å². The summed E-state index contributed by atoms with van der Waals surface area (Å²) in [5.41, 5.74) is 3.32. The highest BCUT2D eigenvalue weighted by atomic mass is 16.5. The SMILES string of the molecule is COc1ccc(CNc2ccccc2C)cc1O. The van der Waals surface area contributed by atoms with Gasteiger partial charge in [-0.25, -0.2) is 0 Å². The van der Waals surface area contributed by atoms with Crippen molar-refractivity contribution in [1.29, 1.82) is 0 Å². The number of anilines is 1. The summed E-state index contributed by atoms with van der Waals surface area (Å²) in [5.74, 6) is 0.663. The van der Waals surface area contributed by atoms with Crippen molar-refractivity contribution in [1.82, 2.24) is 0 Å². The van der Waals surface area contributed by atoms with Gasteiger partial charge in [-0.15, -0.1) is 0 Å². The number of hydrogen-bond donors (Lipinski definition) is 2. The standard InChI is InChI=1S/C15H17NO2/c1-11-5-3-4-6-13(11)16-10-12-7-8-15(18-2)14(17)9-12/h3-9,16-17H,10H2,1-2H3. The van der Waals surface area contributed by atoms with Crippen LogP contribution in [0.25, 0.3) is 0 Å². The summed E-state index contributed by atoms with van der Waals surface area (Å²) in [7, 11) is 1.54. The van der Waals surface area contributed by atoms with E-state index in [-0.39, 0.29) is 5.75 Å². The van der Waals surface area contributed by atoms with Crippen molar-refractivity contribution >= 4 is 5.69 Å². The van der Waals surface area contributed by atoms with Gasteiger partial charge in [0.05, 0.1) is 7.11 Å². The molecule has 2 aromatic carbocycles. The highest BCUT2D eigenvalue weighted by Gasteiger charge is 2.02. The number of hydrogen-bond acceptors (Lipinski definition) is 3. The molecule has 0 fully saturated rings. The van der Waals surface area contributed by atoms with Gasteiger partial charge in [-0.3, -0.25) is 0 Å². The lowest BCUT2D eigenvalue weighted by atomic mass is 10.1. The molecule has 0 saturated carbocycles. The smallest absolute Gasteiger partial charge is 0.160 e. The minimum Gasteiger partial charge on any atom is -0.504 e. The Morgan fingerprint density at radius 3 is 2.61 bits per heavy atom. The van der Waals surface area contributed by atoms with Crippen LogP contribution in [-0.2, 0) is 6.54 Å². The van der Waals surface area contributed by atoms with Crippen LogP contribution in [0.5, 0.6) is 11.5 Å². The largest absolute Gasteiger partial charge is 0.504 e. The Kier molecular flexibility index (Phi) is 3.72. The maximum absolute atomic E-state index is 9.69. The van der Waals surface area contributed by atoms with Gasteiger partial charge in [0, 0.05) is 12.2 Å². The predicted molar refractivity (Wildman–Crippen MR) is 73.2 cm³/mol. The number of aryl methyl sites for hydroxylation is 1. The van der Waals surface area contributed by atoms with Crippen molar-refractivity contribution in [3.63, 3.8) is 0 Å². The van der Waals surface area contributed by atoms with Crippen LogP contribution < -0.4 is 10.1 Å². The van der Waals surface area contributed by atoms with Gasteiger partial charge in [0.15, 0.2) is 11.5 Å². The Bertz CT molecular complexity index is 538. The van der Waals surface area contributed by atoms with Gasteiger partial charge in [-0.2, -0.15) is 0 Å². The van der Waals surface area contributed by atoms with Crippen LogP contribution in [0.1, 0.15) is 11.1 Å². The van der Waals surface area contributed by atoms with Gasteiger partial charge in [0.25, 0.3) is 0 Å². The molecular formula is C15H17NO2. The summed E-state index contributed by atoms with van der Waals surface area (Å²) in [4.78, 5) is 0. The monoisotopic (exact) mass is 243 g/mol. The molecule has 0 saturated heterocycles. The number of phenols is 1. The Balaban J connectivity index is 2.07. The summed E-state index contributed by atoms with van der Waals surface area (Å²) in [6, 6.07) is 13.5. The molecule has 0 heterocycles. The van der Waals surface area contributed by atoms with Gasteiger partial charge in [0.2, 0.25) is 0 Å². The molecule has 2 aromatic rings. The first kappa shape index (κ1) is 12.3. The number of rotatable bonds is 4. The van der Waals surface area contributed by atoms with E-state index in [0.29, 0.717) is 12.3 Å². The first-order chi connectivity index (χ1) is 8.70. The summed E-state index contributed by atoms with van der Waals surface area (Å²) in [6.45, 7) is 2.73. The molecule has 2 rings (SSSR count). The average Bonchev–Trinajstić information content (AvgIpc) is 2.38. The second kappa shape index (κ2) is 5.45. The fraction of sp³-hybridized carbons (Fsp3) is 0.200. The summed E-state index contributed by atoms with van der Waals surface area (Å²) in [6.07, 6.45) is 0. The number of methoxy groups -OCH3 is 1. The van der Waals surface area contributed by atoms with Gasteiger partial charge in [-0.1, -0.05) is 24.3 Å². The maximum atomic E-state index is 9.69. The van der Waals surface area contributed by atoms with Crippen molar-refractivity contribution in [2.24, 2.45) is 0 Å². The Morgan fingerprint density at radius 2 is 1.94 bits per heavy atom. The Morgan fingerprint density at radius 1 is 1.17 bits per heavy atom. The number of nitrogens with one attached hydrogen (secondary N) is 1. The number of phenolic OH excluding ortho intramolecular Hbond substituents is 1. The third kappa shape index (κ3) is 2.74. The minimum absolute atomic E-state index is 0.168. The van der Waals surface area contributed by atoms with Crippen molar-refractivity contribution in [3.8, 4) is 11.5 Å². The van der Waals surface area contributed by atoms with Crippen molar-refractivity contribution in [3.05, 3.63) is 53.6 Å². The van der Waals surface area contributed by atoms with Crippen LogP contribution in [0.4, 0.5) is 5.69 Å². The predicted octanol–water partition coefficient (Wildman–Crippen LogP) is 3.32. The number of para-hydroxylation sites is 1. The fourth-order valence-corrected chi connectivity index (χ4v) is 1.81. The molecule has 0 aliphatic carbocycles. The maximum Gasteiger partial charge on any atom is 0.160 e. The molecule has 0 aromatic heterocycles. The van der Waals surface area contributed by atoms with Crippen molar-refractivity contribution in [2.45, 2.75) is 13.5 Å². The van der Waals surface area contributed by atoms with E-state index in [1.165, 1.54) is 5.56 Å². The summed E-state index contributed by atoms with van der Waals surface area (Å²) in [5, 5.41) is 13.0. The zero-order valence-electron chi connectivity index (χ0n) is 10.6. The Hall–Kier alpha value is -2.16. The lowest BCUT2D eigenvalue weighted by molar-refractivity contribution is 0.373. The van der Waals surface area contributed by atoms with Crippen LogP contribution in [0, 0.1) is 6.92 Å². The molecule has 3 heteroatoms. The number of aromatic hydroxyl groups is 1. The first-order valence-corrected chi connectivity index (χ1v) is 5.86. The van der Waals surface area contributed by atoms with E-state index >= 15 is 0 Å². The molecule has 0 spiro atoms.